The summed E-state index contributed by atoms with van der Waals surface area (Å²) in [6.07, 6.45) is 0. The van der Waals surface area contributed by atoms with Gasteiger partial charge in [-0.3, -0.25) is 0 Å². The van der Waals surface area contributed by atoms with E-state index < -0.39 is 16.1 Å². The molecular formula is C12H12BrN5O4S. The second-order valence-electron chi connectivity index (χ2n) is 4.25. The molecule has 1 heterocycles. The van der Waals surface area contributed by atoms with E-state index in [4.69, 9.17) is 4.74 Å². The van der Waals surface area contributed by atoms with Crippen LogP contribution in [0, 0.1) is 6.92 Å². The molecule has 9 nitrogen and oxygen atoms in total. The van der Waals surface area contributed by atoms with E-state index in [1.165, 1.54) is 13.2 Å². The summed E-state index contributed by atoms with van der Waals surface area (Å²) in [4.78, 5) is 11.9. The topological polar surface area (TPSA) is 123 Å². The maximum atomic E-state index is 12.2. The molecule has 0 unspecified atom stereocenters. The highest BCUT2D eigenvalue weighted by Gasteiger charge is 2.22. The van der Waals surface area contributed by atoms with Crippen molar-refractivity contribution in [1.29, 1.82) is 0 Å². The monoisotopic (exact) mass is 401 g/mol. The van der Waals surface area contributed by atoms with Crippen LogP contribution in [0.2, 0.25) is 0 Å². The Hall–Kier alpha value is -2.27. The lowest BCUT2D eigenvalue weighted by Crippen LogP contribution is -2.35. The third-order valence-electron chi connectivity index (χ3n) is 2.69. The molecule has 2 aromatic rings. The van der Waals surface area contributed by atoms with Gasteiger partial charge in [-0.15, -0.1) is 5.10 Å². The fourth-order valence-electron chi connectivity index (χ4n) is 1.65. The first-order valence-corrected chi connectivity index (χ1v) is 8.45. The van der Waals surface area contributed by atoms with Crippen LogP contribution in [0.5, 0.6) is 5.88 Å². The predicted molar refractivity (Wildman–Crippen MR) is 84.6 cm³/mol. The first-order valence-electron chi connectivity index (χ1n) is 6.17. The fraction of sp³-hybridized carbons (Fsp3) is 0.167. The number of carbonyl (C=O) groups excluding carboxylic acids is 1. The molecule has 23 heavy (non-hydrogen) atoms. The van der Waals surface area contributed by atoms with Crippen molar-refractivity contribution in [2.75, 3.05) is 12.4 Å². The Bertz CT molecular complexity index is 843. The summed E-state index contributed by atoms with van der Waals surface area (Å²) in [5.74, 6) is 0.0194. The quantitative estimate of drug-likeness (QED) is 0.794. The zero-order valence-corrected chi connectivity index (χ0v) is 14.5. The summed E-state index contributed by atoms with van der Waals surface area (Å²) in [5, 5.41) is 13.0. The van der Waals surface area contributed by atoms with Gasteiger partial charge in [-0.1, -0.05) is 17.2 Å². The Morgan fingerprint density at radius 1 is 1.26 bits per heavy atom. The predicted octanol–water partition coefficient (Wildman–Crippen LogP) is 1.46. The van der Waals surface area contributed by atoms with Crippen molar-refractivity contribution in [3.05, 3.63) is 34.4 Å². The van der Waals surface area contributed by atoms with Gasteiger partial charge in [0.05, 0.1) is 12.8 Å². The second kappa shape index (κ2) is 6.87. The van der Waals surface area contributed by atoms with Crippen LogP contribution < -0.4 is 14.8 Å². The average molecular weight is 402 g/mol. The van der Waals surface area contributed by atoms with E-state index >= 15 is 0 Å². The number of aromatic nitrogens is 3. The number of ether oxygens (including phenoxy) is 1. The first kappa shape index (κ1) is 17.1. The first-order chi connectivity index (χ1) is 10.8. The van der Waals surface area contributed by atoms with E-state index in [1.54, 1.807) is 25.1 Å². The Balaban J connectivity index is 2.22. The van der Waals surface area contributed by atoms with E-state index in [1.807, 2.05) is 4.72 Å². The minimum Gasteiger partial charge on any atom is -0.478 e. The number of carbonyl (C=O) groups is 1. The number of nitrogens with zero attached hydrogens (tertiary/aromatic N) is 3. The number of benzene rings is 1. The van der Waals surface area contributed by atoms with Crippen LogP contribution in [0.3, 0.4) is 0 Å². The number of halogens is 1. The minimum atomic E-state index is -4.05. The van der Waals surface area contributed by atoms with Crippen LogP contribution >= 0.6 is 15.9 Å². The molecule has 2 amide bonds. The van der Waals surface area contributed by atoms with Crippen LogP contribution in [0.1, 0.15) is 5.69 Å². The average Bonchev–Trinajstić information content (AvgIpc) is 2.49. The number of methoxy groups -OCH3 is 1. The molecule has 0 saturated heterocycles. The van der Waals surface area contributed by atoms with Gasteiger partial charge in [-0.2, -0.15) is 0 Å². The Morgan fingerprint density at radius 2 is 1.96 bits per heavy atom. The molecule has 2 N–H and O–H groups in total. The van der Waals surface area contributed by atoms with Gasteiger partial charge >= 0.3 is 6.03 Å². The third-order valence-corrected chi connectivity index (χ3v) is 5.03. The van der Waals surface area contributed by atoms with Crippen molar-refractivity contribution < 1.29 is 17.9 Å². The number of anilines is 1. The molecule has 0 spiro atoms. The molecule has 0 aliphatic carbocycles. The van der Waals surface area contributed by atoms with Crippen LogP contribution in [-0.4, -0.2) is 37.0 Å². The van der Waals surface area contributed by atoms with Gasteiger partial charge < -0.3 is 10.1 Å². The van der Waals surface area contributed by atoms with Gasteiger partial charge in [0.15, 0.2) is 0 Å². The molecule has 1 aromatic carbocycles. The highest BCUT2D eigenvalue weighted by atomic mass is 79.9. The Morgan fingerprint density at radius 3 is 2.61 bits per heavy atom. The van der Waals surface area contributed by atoms with E-state index in [2.05, 4.69) is 36.7 Å². The minimum absolute atomic E-state index is 0.0194. The standard InChI is InChI=1S/C12H12BrN5O4S/c1-7-10(11(22-2)16-18-15-7)14-12(19)17-23(20,21)9-6-4-3-5-8(9)13/h3-6H,1-2H3,(H2,14,17,18,19). The van der Waals surface area contributed by atoms with Gasteiger partial charge in [0.1, 0.15) is 10.6 Å². The number of aryl methyl sites for hydroxylation is 1. The maximum absolute atomic E-state index is 12.2. The maximum Gasteiger partial charge on any atom is 0.333 e. The highest BCUT2D eigenvalue weighted by molar-refractivity contribution is 9.10. The Labute approximate surface area is 140 Å². The van der Waals surface area contributed by atoms with Crippen molar-refractivity contribution in [2.24, 2.45) is 0 Å². The largest absolute Gasteiger partial charge is 0.478 e. The second-order valence-corrected chi connectivity index (χ2v) is 6.75. The molecule has 122 valence electrons. The summed E-state index contributed by atoms with van der Waals surface area (Å²) in [6.45, 7) is 1.56. The van der Waals surface area contributed by atoms with Crippen molar-refractivity contribution in [2.45, 2.75) is 11.8 Å². The summed E-state index contributed by atoms with van der Waals surface area (Å²) in [6, 6.07) is 5.14. The highest BCUT2D eigenvalue weighted by Crippen LogP contribution is 2.23. The van der Waals surface area contributed by atoms with Crippen molar-refractivity contribution in [1.82, 2.24) is 20.1 Å². The number of hydrogen-bond acceptors (Lipinski definition) is 7. The lowest BCUT2D eigenvalue weighted by Gasteiger charge is -2.12. The van der Waals surface area contributed by atoms with Crippen LogP contribution in [0.15, 0.2) is 33.6 Å². The molecule has 11 heteroatoms. The van der Waals surface area contributed by atoms with E-state index in [0.717, 1.165) is 0 Å². The fourth-order valence-corrected chi connectivity index (χ4v) is 3.56. The molecule has 0 saturated carbocycles. The van der Waals surface area contributed by atoms with Gasteiger partial charge in [-0.05, 0) is 40.2 Å². The molecule has 0 aliphatic heterocycles. The number of amides is 2. The zero-order valence-electron chi connectivity index (χ0n) is 12.1. The Kier molecular flexibility index (Phi) is 5.11. The molecule has 0 bridgehead atoms. The number of nitrogens with one attached hydrogen (secondary N) is 2. The molecule has 0 radical (unpaired) electrons. The normalized spacial score (nSPS) is 10.9. The number of urea groups is 1. The summed E-state index contributed by atoms with van der Waals surface area (Å²) in [7, 11) is -2.71. The summed E-state index contributed by atoms with van der Waals surface area (Å²) in [5.41, 5.74) is 0.451. The summed E-state index contributed by atoms with van der Waals surface area (Å²) >= 11 is 3.12. The molecule has 2 rings (SSSR count). The molecule has 0 atom stereocenters. The molecule has 0 fully saturated rings. The molecule has 0 aliphatic rings. The molecule has 1 aromatic heterocycles. The van der Waals surface area contributed by atoms with E-state index in [-0.39, 0.29) is 16.5 Å². The van der Waals surface area contributed by atoms with Gasteiger partial charge in [-0.25, -0.2) is 17.9 Å². The lowest BCUT2D eigenvalue weighted by atomic mass is 10.4. The lowest BCUT2D eigenvalue weighted by molar-refractivity contribution is 0.256. The van der Waals surface area contributed by atoms with Crippen LogP contribution in [0.4, 0.5) is 10.5 Å². The molecular weight excluding hydrogens is 390 g/mol. The summed E-state index contributed by atoms with van der Waals surface area (Å²) < 4.78 is 31.6. The zero-order chi connectivity index (χ0) is 17.0. The van der Waals surface area contributed by atoms with E-state index in [9.17, 15) is 13.2 Å². The van der Waals surface area contributed by atoms with Gasteiger partial charge in [0, 0.05) is 4.47 Å². The van der Waals surface area contributed by atoms with E-state index in [0.29, 0.717) is 10.2 Å². The van der Waals surface area contributed by atoms with Gasteiger partial charge in [0.2, 0.25) is 0 Å². The smallest absolute Gasteiger partial charge is 0.333 e. The number of hydrogen-bond donors (Lipinski definition) is 2. The third kappa shape index (κ3) is 3.93. The van der Waals surface area contributed by atoms with Crippen molar-refractivity contribution in [3.63, 3.8) is 0 Å². The van der Waals surface area contributed by atoms with Gasteiger partial charge in [0.25, 0.3) is 15.9 Å². The number of rotatable bonds is 4. The number of sulfonamides is 1. The van der Waals surface area contributed by atoms with Crippen LogP contribution in [-0.2, 0) is 10.0 Å². The SMILES string of the molecule is COc1nnnc(C)c1NC(=O)NS(=O)(=O)c1ccccc1Br. The van der Waals surface area contributed by atoms with Crippen LogP contribution in [0.25, 0.3) is 0 Å². The van der Waals surface area contributed by atoms with Crippen molar-refractivity contribution >= 4 is 37.7 Å². The van der Waals surface area contributed by atoms with Crippen molar-refractivity contribution in [3.8, 4) is 5.88 Å².